The number of anilines is 1. The Morgan fingerprint density at radius 2 is 1.86 bits per heavy atom. The van der Waals surface area contributed by atoms with E-state index in [0.717, 1.165) is 5.56 Å². The quantitative estimate of drug-likeness (QED) is 0.494. The van der Waals surface area contributed by atoms with Crippen LogP contribution >= 0.6 is 15.9 Å². The van der Waals surface area contributed by atoms with Gasteiger partial charge >= 0.3 is 6.61 Å². The Balaban J connectivity index is 1.59. The van der Waals surface area contributed by atoms with Crippen LogP contribution in [0.25, 0.3) is 6.08 Å². The number of benzene rings is 2. The number of nitrogens with zero attached hydrogens (tertiary/aromatic N) is 2. The van der Waals surface area contributed by atoms with Crippen LogP contribution in [0.1, 0.15) is 11.1 Å². The Morgan fingerprint density at radius 3 is 2.52 bits per heavy atom. The van der Waals surface area contributed by atoms with Gasteiger partial charge in [-0.1, -0.05) is 24.3 Å². The third kappa shape index (κ3) is 6.21. The van der Waals surface area contributed by atoms with Crippen molar-refractivity contribution in [3.05, 3.63) is 82.2 Å². The predicted molar refractivity (Wildman–Crippen MR) is 106 cm³/mol. The van der Waals surface area contributed by atoms with Gasteiger partial charge in [0.15, 0.2) is 5.82 Å². The molecule has 29 heavy (non-hydrogen) atoms. The highest BCUT2D eigenvalue weighted by molar-refractivity contribution is 9.10. The molecular formula is C20H15BrF3N3O2. The lowest BCUT2D eigenvalue weighted by molar-refractivity contribution is -0.111. The van der Waals surface area contributed by atoms with Crippen LogP contribution in [0.15, 0.2) is 65.3 Å². The highest BCUT2D eigenvalue weighted by Crippen LogP contribution is 2.21. The summed E-state index contributed by atoms with van der Waals surface area (Å²) in [6.07, 6.45) is 4.53. The molecule has 0 saturated heterocycles. The molecule has 0 radical (unpaired) electrons. The second kappa shape index (κ2) is 9.42. The average molecular weight is 466 g/mol. The van der Waals surface area contributed by atoms with E-state index in [0.29, 0.717) is 22.4 Å². The summed E-state index contributed by atoms with van der Waals surface area (Å²) in [6, 6.07) is 11.9. The molecule has 0 unspecified atom stereocenters. The molecule has 2 aromatic carbocycles. The minimum Gasteiger partial charge on any atom is -0.435 e. The van der Waals surface area contributed by atoms with Crippen LogP contribution in [0.3, 0.4) is 0 Å². The number of halogens is 4. The number of hydrogen-bond acceptors (Lipinski definition) is 3. The number of carbonyl (C=O) groups excluding carboxylic acids is 1. The summed E-state index contributed by atoms with van der Waals surface area (Å²) in [6.45, 7) is -2.47. The number of ether oxygens (including phenoxy) is 1. The first-order chi connectivity index (χ1) is 13.9. The van der Waals surface area contributed by atoms with E-state index in [2.05, 4.69) is 31.1 Å². The lowest BCUT2D eigenvalue weighted by atomic mass is 10.2. The van der Waals surface area contributed by atoms with Gasteiger partial charge in [0, 0.05) is 12.3 Å². The molecule has 0 aliphatic heterocycles. The lowest BCUT2D eigenvalue weighted by Crippen LogP contribution is -2.09. The standard InChI is InChI=1S/C20H15BrF3N3O2/c21-17-12-27(11-14-1-6-15(22)7-2-14)26-19(17)25-18(28)10-5-13-3-8-16(9-4-13)29-20(23)24/h1-10,12,20H,11H2,(H,25,26,28)/b10-5-. The molecule has 0 aliphatic rings. The minimum atomic E-state index is -2.89. The summed E-state index contributed by atoms with van der Waals surface area (Å²) in [5.74, 6) is -0.350. The smallest absolute Gasteiger partial charge is 0.387 e. The topological polar surface area (TPSA) is 56.1 Å². The van der Waals surface area contributed by atoms with E-state index < -0.39 is 12.5 Å². The van der Waals surface area contributed by atoms with Crippen molar-refractivity contribution in [3.63, 3.8) is 0 Å². The average Bonchev–Trinajstić information content (AvgIpc) is 3.01. The molecule has 0 aliphatic carbocycles. The fourth-order valence-corrected chi connectivity index (χ4v) is 2.85. The van der Waals surface area contributed by atoms with E-state index in [1.54, 1.807) is 35.1 Å². The molecule has 0 bridgehead atoms. The molecule has 0 atom stereocenters. The van der Waals surface area contributed by atoms with E-state index in [-0.39, 0.29) is 11.6 Å². The molecule has 9 heteroatoms. The zero-order valence-electron chi connectivity index (χ0n) is 14.9. The van der Waals surface area contributed by atoms with Gasteiger partial charge in [-0.15, -0.1) is 0 Å². The van der Waals surface area contributed by atoms with Crippen molar-refractivity contribution in [1.82, 2.24) is 9.78 Å². The van der Waals surface area contributed by atoms with Gasteiger partial charge < -0.3 is 10.1 Å². The monoisotopic (exact) mass is 465 g/mol. The first-order valence-electron chi connectivity index (χ1n) is 8.40. The molecular weight excluding hydrogens is 451 g/mol. The highest BCUT2D eigenvalue weighted by atomic mass is 79.9. The summed E-state index contributed by atoms with van der Waals surface area (Å²) in [4.78, 5) is 12.1. The van der Waals surface area contributed by atoms with E-state index in [1.807, 2.05) is 0 Å². The summed E-state index contributed by atoms with van der Waals surface area (Å²) < 4.78 is 43.7. The van der Waals surface area contributed by atoms with E-state index in [9.17, 15) is 18.0 Å². The maximum Gasteiger partial charge on any atom is 0.387 e. The van der Waals surface area contributed by atoms with Gasteiger partial charge in [-0.2, -0.15) is 13.9 Å². The van der Waals surface area contributed by atoms with Crippen LogP contribution in [0, 0.1) is 5.82 Å². The first-order valence-corrected chi connectivity index (χ1v) is 9.20. The number of hydrogen-bond donors (Lipinski definition) is 1. The van der Waals surface area contributed by atoms with Crippen molar-refractivity contribution in [3.8, 4) is 5.75 Å². The van der Waals surface area contributed by atoms with Crippen molar-refractivity contribution in [1.29, 1.82) is 0 Å². The minimum absolute atomic E-state index is 0.0391. The number of nitrogens with one attached hydrogen (secondary N) is 1. The van der Waals surface area contributed by atoms with Gasteiger partial charge in [-0.3, -0.25) is 9.48 Å². The van der Waals surface area contributed by atoms with Gasteiger partial charge in [0.25, 0.3) is 0 Å². The van der Waals surface area contributed by atoms with Gasteiger partial charge in [0.05, 0.1) is 11.0 Å². The molecule has 1 N–H and O–H groups in total. The summed E-state index contributed by atoms with van der Waals surface area (Å²) in [5.41, 5.74) is 1.50. The first kappa shape index (κ1) is 20.7. The second-order valence-corrected chi connectivity index (χ2v) is 6.77. The van der Waals surface area contributed by atoms with E-state index in [4.69, 9.17) is 0 Å². The number of alkyl halides is 2. The fraction of sp³-hybridized carbons (Fsp3) is 0.100. The zero-order chi connectivity index (χ0) is 20.8. The highest BCUT2D eigenvalue weighted by Gasteiger charge is 2.09. The summed E-state index contributed by atoms with van der Waals surface area (Å²) in [7, 11) is 0. The SMILES string of the molecule is O=C(/C=C\c1ccc(OC(F)F)cc1)Nc1nn(Cc2ccc(F)cc2)cc1Br. The maximum atomic E-state index is 13.0. The van der Waals surface area contributed by atoms with Crippen molar-refractivity contribution < 1.29 is 22.7 Å². The second-order valence-electron chi connectivity index (χ2n) is 5.92. The molecule has 1 aromatic heterocycles. The predicted octanol–water partition coefficient (Wildman–Crippen LogP) is 5.09. The molecule has 0 saturated carbocycles. The molecule has 0 fully saturated rings. The van der Waals surface area contributed by atoms with Crippen LogP contribution < -0.4 is 10.1 Å². The van der Waals surface area contributed by atoms with Crippen LogP contribution in [0.4, 0.5) is 19.0 Å². The number of carbonyl (C=O) groups is 1. The third-order valence-corrected chi connectivity index (χ3v) is 4.33. The van der Waals surface area contributed by atoms with Crippen molar-refractivity contribution in [2.45, 2.75) is 13.2 Å². The Bertz CT molecular complexity index is 1000. The normalized spacial score (nSPS) is 11.2. The molecule has 3 rings (SSSR count). The van der Waals surface area contributed by atoms with Gasteiger partial charge in [0.1, 0.15) is 11.6 Å². The molecule has 3 aromatic rings. The van der Waals surface area contributed by atoms with E-state index >= 15 is 0 Å². The zero-order valence-corrected chi connectivity index (χ0v) is 16.4. The largest absolute Gasteiger partial charge is 0.435 e. The number of aromatic nitrogens is 2. The van der Waals surface area contributed by atoms with Gasteiger partial charge in [-0.05, 0) is 57.4 Å². The Kier molecular flexibility index (Phi) is 6.71. The van der Waals surface area contributed by atoms with E-state index in [1.165, 1.54) is 36.4 Å². The summed E-state index contributed by atoms with van der Waals surface area (Å²) in [5, 5.41) is 6.93. The lowest BCUT2D eigenvalue weighted by Gasteiger charge is -2.03. The fourth-order valence-electron chi connectivity index (χ4n) is 2.43. The Morgan fingerprint density at radius 1 is 1.17 bits per heavy atom. The van der Waals surface area contributed by atoms with Crippen LogP contribution in [0.2, 0.25) is 0 Å². The number of amides is 1. The molecule has 0 spiro atoms. The van der Waals surface area contributed by atoms with Crippen LogP contribution in [-0.2, 0) is 11.3 Å². The Labute approximate surface area is 172 Å². The molecule has 1 heterocycles. The van der Waals surface area contributed by atoms with Crippen LogP contribution in [0.5, 0.6) is 5.75 Å². The third-order valence-electron chi connectivity index (χ3n) is 3.75. The van der Waals surface area contributed by atoms with Crippen molar-refractivity contribution in [2.75, 3.05) is 5.32 Å². The molecule has 5 nitrogen and oxygen atoms in total. The van der Waals surface area contributed by atoms with Gasteiger partial charge in [0.2, 0.25) is 5.91 Å². The molecule has 150 valence electrons. The van der Waals surface area contributed by atoms with Crippen LogP contribution in [-0.4, -0.2) is 22.3 Å². The Hall–Kier alpha value is -3.07. The molecule has 1 amide bonds. The van der Waals surface area contributed by atoms with Crippen molar-refractivity contribution >= 4 is 33.7 Å². The van der Waals surface area contributed by atoms with Gasteiger partial charge in [-0.25, -0.2) is 4.39 Å². The maximum absolute atomic E-state index is 13.0. The number of rotatable bonds is 7. The van der Waals surface area contributed by atoms with Crippen molar-refractivity contribution in [2.24, 2.45) is 0 Å². The summed E-state index contributed by atoms with van der Waals surface area (Å²) >= 11 is 3.34.